The number of hydrogen-bond donors (Lipinski definition) is 2. The molecule has 1 heterocycles. The topological polar surface area (TPSA) is 114 Å². The number of amides is 2. The molecule has 1 aromatic heterocycles. The molecule has 0 bridgehead atoms. The summed E-state index contributed by atoms with van der Waals surface area (Å²) in [7, 11) is 0. The number of carboxylic acid groups (broad SMARTS) is 1. The summed E-state index contributed by atoms with van der Waals surface area (Å²) in [5.41, 5.74) is 4.21. The van der Waals surface area contributed by atoms with Crippen LogP contribution in [0.1, 0.15) is 78.6 Å². The third-order valence-electron chi connectivity index (χ3n) is 8.79. The molecular weight excluding hydrogens is 604 g/mol. The van der Waals surface area contributed by atoms with Crippen LogP contribution < -0.4 is 5.32 Å². The lowest BCUT2D eigenvalue weighted by Crippen LogP contribution is -2.30. The average molecular weight is 642 g/mol. The monoisotopic (exact) mass is 641 g/mol. The first-order valence-corrected chi connectivity index (χ1v) is 16.0. The maximum atomic E-state index is 14.0. The summed E-state index contributed by atoms with van der Waals surface area (Å²) < 4.78 is 40.3. The number of nitrogens with zero attached hydrogens (tertiary/aromatic N) is 2. The van der Waals surface area contributed by atoms with Gasteiger partial charge in [-0.2, -0.15) is 0 Å². The SMILES string of the molecule is CC(F)(F)Cc1ccccc1-c1noc(C2CC2)c1COC(C/C=N/C(=O)Nc1ccc(C(=O)O)c(-c2ccccc2)c1)C1CCC1. The molecule has 2 saturated carbocycles. The van der Waals surface area contributed by atoms with E-state index in [0.29, 0.717) is 40.4 Å². The highest BCUT2D eigenvalue weighted by molar-refractivity contribution is 5.99. The fraction of sp³-hybridized carbons (Fsp3) is 0.351. The molecule has 1 atom stereocenters. The number of rotatable bonds is 13. The van der Waals surface area contributed by atoms with E-state index >= 15 is 0 Å². The van der Waals surface area contributed by atoms with Gasteiger partial charge in [0.25, 0.3) is 0 Å². The number of alkyl halides is 2. The van der Waals surface area contributed by atoms with Crippen molar-refractivity contribution in [3.05, 3.63) is 95.2 Å². The molecule has 2 fully saturated rings. The van der Waals surface area contributed by atoms with Crippen LogP contribution in [0.4, 0.5) is 19.3 Å². The van der Waals surface area contributed by atoms with Crippen LogP contribution in [0.2, 0.25) is 0 Å². The zero-order chi connectivity index (χ0) is 33.0. The predicted molar refractivity (Wildman–Crippen MR) is 175 cm³/mol. The fourth-order valence-corrected chi connectivity index (χ4v) is 6.04. The molecule has 2 amide bonds. The van der Waals surface area contributed by atoms with Crippen molar-refractivity contribution in [2.24, 2.45) is 10.9 Å². The smallest absolute Gasteiger partial charge is 0.345 e. The molecule has 0 saturated heterocycles. The van der Waals surface area contributed by atoms with Crippen molar-refractivity contribution in [3.63, 3.8) is 0 Å². The van der Waals surface area contributed by atoms with Crippen LogP contribution in [-0.4, -0.2) is 40.5 Å². The number of benzene rings is 3. The summed E-state index contributed by atoms with van der Waals surface area (Å²) in [5, 5.41) is 16.7. The van der Waals surface area contributed by atoms with Gasteiger partial charge in [0.15, 0.2) is 0 Å². The molecular formula is C37H37F2N3O5. The highest BCUT2D eigenvalue weighted by Gasteiger charge is 2.35. The maximum Gasteiger partial charge on any atom is 0.345 e. The van der Waals surface area contributed by atoms with E-state index in [1.54, 1.807) is 30.5 Å². The van der Waals surface area contributed by atoms with Gasteiger partial charge in [0.1, 0.15) is 11.5 Å². The van der Waals surface area contributed by atoms with Crippen LogP contribution in [0.5, 0.6) is 0 Å². The first-order chi connectivity index (χ1) is 22.7. The highest BCUT2D eigenvalue weighted by Crippen LogP contribution is 2.45. The molecule has 6 rings (SSSR count). The van der Waals surface area contributed by atoms with E-state index in [9.17, 15) is 23.5 Å². The Bertz CT molecular complexity index is 1760. The Morgan fingerprint density at radius 2 is 1.81 bits per heavy atom. The number of carboxylic acids is 1. The van der Waals surface area contributed by atoms with Gasteiger partial charge in [-0.25, -0.2) is 23.4 Å². The molecule has 4 aromatic rings. The number of ether oxygens (including phenoxy) is 1. The largest absolute Gasteiger partial charge is 0.478 e. The lowest BCUT2D eigenvalue weighted by atomic mass is 9.80. The molecule has 0 aliphatic heterocycles. The summed E-state index contributed by atoms with van der Waals surface area (Å²) in [4.78, 5) is 28.7. The molecule has 2 N–H and O–H groups in total. The molecule has 8 nitrogen and oxygen atoms in total. The third-order valence-corrected chi connectivity index (χ3v) is 8.79. The number of carbonyl (C=O) groups excluding carboxylic acids is 1. The molecule has 2 aliphatic carbocycles. The van der Waals surface area contributed by atoms with Crippen molar-refractivity contribution < 1.29 is 32.7 Å². The standard InChI is InChI=1S/C37H37F2N3O5/c1-37(38,39)21-26-10-5-6-13-28(26)33-31(34(47-42-33)25-14-15-25)22-46-32(24-11-7-12-24)18-19-40-36(45)41-27-16-17-29(35(43)44)30(20-27)23-8-3-2-4-9-23/h2-6,8-10,13,16-17,19-20,24-25,32H,7,11-12,14-15,18,21-22H2,1H3,(H,41,45)(H,43,44)/b40-19+. The van der Waals surface area contributed by atoms with Crippen molar-refractivity contribution >= 4 is 23.9 Å². The van der Waals surface area contributed by atoms with E-state index in [2.05, 4.69) is 15.5 Å². The number of urea groups is 1. The van der Waals surface area contributed by atoms with Gasteiger partial charge in [0.05, 0.1) is 18.3 Å². The van der Waals surface area contributed by atoms with Crippen molar-refractivity contribution in [2.75, 3.05) is 5.32 Å². The molecule has 10 heteroatoms. The third kappa shape index (κ3) is 8.00. The first kappa shape index (κ1) is 32.2. The lowest BCUT2D eigenvalue weighted by Gasteiger charge is -2.33. The minimum absolute atomic E-state index is 0.130. The number of carbonyl (C=O) groups is 2. The molecule has 2 aliphatic rings. The minimum atomic E-state index is -2.87. The number of aliphatic imine (C=N–C) groups is 1. The van der Waals surface area contributed by atoms with E-state index in [1.165, 1.54) is 12.1 Å². The summed E-state index contributed by atoms with van der Waals surface area (Å²) in [6.45, 7) is 1.12. The van der Waals surface area contributed by atoms with Crippen molar-refractivity contribution in [2.45, 2.75) is 76.4 Å². The fourth-order valence-electron chi connectivity index (χ4n) is 6.04. The zero-order valence-electron chi connectivity index (χ0n) is 26.1. The van der Waals surface area contributed by atoms with Gasteiger partial charge < -0.3 is 19.7 Å². The normalized spacial score (nSPS) is 15.8. The van der Waals surface area contributed by atoms with Gasteiger partial charge >= 0.3 is 12.0 Å². The zero-order valence-corrected chi connectivity index (χ0v) is 26.1. The quantitative estimate of drug-likeness (QED) is 0.141. The number of hydrogen-bond acceptors (Lipinski definition) is 5. The number of aromatic nitrogens is 1. The van der Waals surface area contributed by atoms with Gasteiger partial charge in [0, 0.05) is 41.8 Å². The Hall–Kier alpha value is -4.70. The Morgan fingerprint density at radius 1 is 1.06 bits per heavy atom. The average Bonchev–Trinajstić information content (AvgIpc) is 3.77. The second-order valence-corrected chi connectivity index (χ2v) is 12.5. The summed E-state index contributed by atoms with van der Waals surface area (Å²) in [6.07, 6.45) is 6.42. The summed E-state index contributed by atoms with van der Waals surface area (Å²) >= 11 is 0. The Morgan fingerprint density at radius 3 is 2.49 bits per heavy atom. The molecule has 244 valence electrons. The minimum Gasteiger partial charge on any atom is -0.478 e. The molecule has 47 heavy (non-hydrogen) atoms. The van der Waals surface area contributed by atoms with Gasteiger partial charge in [-0.15, -0.1) is 0 Å². The van der Waals surface area contributed by atoms with Gasteiger partial charge in [-0.05, 0) is 73.4 Å². The van der Waals surface area contributed by atoms with Crippen LogP contribution >= 0.6 is 0 Å². The number of anilines is 1. The summed E-state index contributed by atoms with van der Waals surface area (Å²) in [6, 6.07) is 20.2. The molecule has 3 aromatic carbocycles. The van der Waals surface area contributed by atoms with E-state index in [4.69, 9.17) is 9.26 Å². The Labute approximate surface area is 271 Å². The van der Waals surface area contributed by atoms with Crippen molar-refractivity contribution in [1.29, 1.82) is 0 Å². The second-order valence-electron chi connectivity index (χ2n) is 12.5. The van der Waals surface area contributed by atoms with Crippen LogP contribution in [0.25, 0.3) is 22.4 Å². The van der Waals surface area contributed by atoms with E-state index in [0.717, 1.165) is 55.9 Å². The highest BCUT2D eigenvalue weighted by atomic mass is 19.3. The van der Waals surface area contributed by atoms with E-state index in [1.807, 2.05) is 36.4 Å². The molecule has 1 unspecified atom stereocenters. The van der Waals surface area contributed by atoms with Crippen LogP contribution in [-0.2, 0) is 17.8 Å². The Kier molecular flexibility index (Phi) is 9.58. The molecule has 0 spiro atoms. The van der Waals surface area contributed by atoms with Crippen LogP contribution in [0, 0.1) is 5.92 Å². The predicted octanol–water partition coefficient (Wildman–Crippen LogP) is 9.16. The van der Waals surface area contributed by atoms with E-state index in [-0.39, 0.29) is 24.2 Å². The number of halogens is 2. The lowest BCUT2D eigenvalue weighted by molar-refractivity contribution is -0.0186. The molecule has 0 radical (unpaired) electrons. The van der Waals surface area contributed by atoms with Gasteiger partial charge in [-0.3, -0.25) is 0 Å². The summed E-state index contributed by atoms with van der Waals surface area (Å²) in [5.74, 6) is -2.63. The number of aromatic carboxylic acids is 1. The van der Waals surface area contributed by atoms with Gasteiger partial charge in [0.2, 0.25) is 5.92 Å². The van der Waals surface area contributed by atoms with Crippen LogP contribution in [0.3, 0.4) is 0 Å². The van der Waals surface area contributed by atoms with E-state index < -0.39 is 24.3 Å². The van der Waals surface area contributed by atoms with Crippen LogP contribution in [0.15, 0.2) is 82.3 Å². The maximum absolute atomic E-state index is 14.0. The Balaban J connectivity index is 1.15. The van der Waals surface area contributed by atoms with Gasteiger partial charge in [-0.1, -0.05) is 66.2 Å². The second kappa shape index (κ2) is 14.0. The van der Waals surface area contributed by atoms with Crippen molar-refractivity contribution in [1.82, 2.24) is 5.16 Å². The number of nitrogens with one attached hydrogen (secondary N) is 1. The van der Waals surface area contributed by atoms with Crippen molar-refractivity contribution in [3.8, 4) is 22.4 Å². The first-order valence-electron chi connectivity index (χ1n) is 16.0.